The van der Waals surface area contributed by atoms with Crippen LogP contribution in [0.1, 0.15) is 12.8 Å². The molecule has 0 saturated carbocycles. The molecule has 2 aromatic carbocycles. The molecule has 0 bridgehead atoms. The number of hydrogen-bond donors (Lipinski definition) is 0. The van der Waals surface area contributed by atoms with E-state index in [1.54, 1.807) is 6.07 Å². The van der Waals surface area contributed by atoms with Crippen molar-refractivity contribution >= 4 is 72.7 Å². The van der Waals surface area contributed by atoms with Gasteiger partial charge in [0.05, 0.1) is 25.9 Å². The Bertz CT molecular complexity index is 1170. The Hall–Kier alpha value is -1.02. The Morgan fingerprint density at radius 3 is 2.23 bits per heavy atom. The molecule has 1 fully saturated rings. The molecule has 1 saturated heterocycles. The van der Waals surface area contributed by atoms with Crippen molar-refractivity contribution in [3.63, 3.8) is 0 Å². The lowest BCUT2D eigenvalue weighted by Crippen LogP contribution is -2.39. The van der Waals surface area contributed by atoms with Crippen LogP contribution in [0, 0.1) is 0 Å². The number of benzene rings is 2. The average Bonchev–Trinajstić information content (AvgIpc) is 3.20. The third kappa shape index (κ3) is 4.59. The minimum absolute atomic E-state index is 0.213. The van der Waals surface area contributed by atoms with Crippen molar-refractivity contribution in [1.82, 2.24) is 4.98 Å². The number of rotatable bonds is 4. The van der Waals surface area contributed by atoms with Crippen LogP contribution in [-0.4, -0.2) is 31.7 Å². The highest BCUT2D eigenvalue weighted by Crippen LogP contribution is 2.34. The number of anilines is 1. The number of thiazole rings is 1. The van der Waals surface area contributed by atoms with Crippen LogP contribution in [0.15, 0.2) is 46.7 Å². The van der Waals surface area contributed by atoms with Gasteiger partial charge >= 0.3 is 0 Å². The molecule has 1 aromatic heterocycles. The van der Waals surface area contributed by atoms with Crippen molar-refractivity contribution in [3.8, 4) is 11.3 Å². The second-order valence-corrected chi connectivity index (χ2v) is 11.7. The molecule has 1 aliphatic rings. The van der Waals surface area contributed by atoms with Crippen LogP contribution in [0.4, 0.5) is 5.13 Å². The van der Waals surface area contributed by atoms with Gasteiger partial charge in [-0.3, -0.25) is 0 Å². The predicted molar refractivity (Wildman–Crippen MR) is 126 cm³/mol. The molecule has 0 amide bonds. The van der Waals surface area contributed by atoms with Gasteiger partial charge in [0.25, 0.3) is 0 Å². The Kier molecular flexibility index (Phi) is 6.54. The predicted octanol–water partition coefficient (Wildman–Crippen LogP) is 6.87. The average molecular weight is 522 g/mol. The molecule has 4 nitrogen and oxygen atoms in total. The standard InChI is InChI=1S/C20H16Cl4N2O2S2/c21-13-7-12(8-14(22)9-13)19-11-29-20(25-19)26-5-3-15(4-6-26)30(27,28)16-1-2-17(23)18(24)10-16/h1-2,7-11,15H,3-6H2. The van der Waals surface area contributed by atoms with Gasteiger partial charge in [0.15, 0.2) is 15.0 Å². The lowest BCUT2D eigenvalue weighted by molar-refractivity contribution is 0.529. The van der Waals surface area contributed by atoms with Gasteiger partial charge in [-0.2, -0.15) is 0 Å². The van der Waals surface area contributed by atoms with Gasteiger partial charge in [0, 0.05) is 34.1 Å². The Morgan fingerprint density at radius 1 is 0.933 bits per heavy atom. The van der Waals surface area contributed by atoms with Crippen molar-refractivity contribution in [2.24, 2.45) is 0 Å². The fraction of sp³-hybridized carbons (Fsp3) is 0.250. The van der Waals surface area contributed by atoms with Crippen LogP contribution in [-0.2, 0) is 9.84 Å². The van der Waals surface area contributed by atoms with E-state index in [0.717, 1.165) is 16.4 Å². The third-order valence-electron chi connectivity index (χ3n) is 5.02. The monoisotopic (exact) mass is 520 g/mol. The minimum atomic E-state index is -3.47. The Labute approximate surface area is 199 Å². The van der Waals surface area contributed by atoms with Gasteiger partial charge in [-0.15, -0.1) is 11.3 Å². The van der Waals surface area contributed by atoms with Gasteiger partial charge in [-0.1, -0.05) is 46.4 Å². The number of halogens is 4. The molecule has 4 rings (SSSR count). The number of sulfone groups is 1. The summed E-state index contributed by atoms with van der Waals surface area (Å²) in [4.78, 5) is 7.02. The molecule has 1 aliphatic heterocycles. The van der Waals surface area contributed by atoms with Crippen molar-refractivity contribution in [2.45, 2.75) is 23.0 Å². The quantitative estimate of drug-likeness (QED) is 0.376. The first-order valence-corrected chi connectivity index (χ1v) is 13.0. The molecule has 0 N–H and O–H groups in total. The van der Waals surface area contributed by atoms with Crippen LogP contribution in [0.5, 0.6) is 0 Å². The fourth-order valence-electron chi connectivity index (χ4n) is 3.45. The lowest BCUT2D eigenvalue weighted by Gasteiger charge is -2.31. The zero-order valence-electron chi connectivity index (χ0n) is 15.5. The maximum Gasteiger partial charge on any atom is 0.185 e. The summed E-state index contributed by atoms with van der Waals surface area (Å²) in [6.07, 6.45) is 1.03. The van der Waals surface area contributed by atoms with E-state index in [4.69, 9.17) is 51.4 Å². The first-order chi connectivity index (χ1) is 14.2. The first kappa shape index (κ1) is 22.2. The summed E-state index contributed by atoms with van der Waals surface area (Å²) in [5.74, 6) is 0. The van der Waals surface area contributed by atoms with E-state index in [2.05, 4.69) is 4.90 Å². The molecular formula is C20H16Cl4N2O2S2. The van der Waals surface area contributed by atoms with E-state index in [1.807, 2.05) is 17.5 Å². The Balaban J connectivity index is 1.47. The van der Waals surface area contributed by atoms with Gasteiger partial charge in [-0.25, -0.2) is 13.4 Å². The summed E-state index contributed by atoms with van der Waals surface area (Å²) < 4.78 is 26.0. The SMILES string of the molecule is O=S(=O)(c1ccc(Cl)c(Cl)c1)C1CCN(c2nc(-c3cc(Cl)cc(Cl)c3)cs2)CC1. The highest BCUT2D eigenvalue weighted by molar-refractivity contribution is 7.92. The summed E-state index contributed by atoms with van der Waals surface area (Å²) in [7, 11) is -3.47. The molecule has 10 heteroatoms. The smallest absolute Gasteiger partial charge is 0.185 e. The number of nitrogens with zero attached hydrogens (tertiary/aromatic N) is 2. The lowest BCUT2D eigenvalue weighted by atomic mass is 10.1. The maximum atomic E-state index is 13.0. The summed E-state index contributed by atoms with van der Waals surface area (Å²) in [5, 5.41) is 4.04. The van der Waals surface area contributed by atoms with Crippen molar-refractivity contribution in [3.05, 3.63) is 61.9 Å². The third-order valence-corrected chi connectivity index (χ3v) is 9.36. The largest absolute Gasteiger partial charge is 0.348 e. The second-order valence-electron chi connectivity index (χ2n) is 6.98. The topological polar surface area (TPSA) is 50.3 Å². The molecule has 3 aromatic rings. The molecule has 30 heavy (non-hydrogen) atoms. The van der Waals surface area contributed by atoms with Crippen molar-refractivity contribution < 1.29 is 8.42 Å². The summed E-state index contributed by atoms with van der Waals surface area (Å²) in [6, 6.07) is 9.78. The number of piperidine rings is 1. The second kappa shape index (κ2) is 8.85. The van der Waals surface area contributed by atoms with Crippen molar-refractivity contribution in [2.75, 3.05) is 18.0 Å². The van der Waals surface area contributed by atoms with E-state index < -0.39 is 15.1 Å². The summed E-state index contributed by atoms with van der Waals surface area (Å²) in [6.45, 7) is 1.21. The van der Waals surface area contributed by atoms with E-state index in [-0.39, 0.29) is 9.92 Å². The molecular weight excluding hydrogens is 506 g/mol. The minimum Gasteiger partial charge on any atom is -0.348 e. The van der Waals surface area contributed by atoms with E-state index in [1.165, 1.54) is 29.5 Å². The van der Waals surface area contributed by atoms with Gasteiger partial charge in [0.1, 0.15) is 0 Å². The number of hydrogen-bond acceptors (Lipinski definition) is 5. The summed E-state index contributed by atoms with van der Waals surface area (Å²) in [5.41, 5.74) is 1.65. The Morgan fingerprint density at radius 2 is 1.60 bits per heavy atom. The fourth-order valence-corrected chi connectivity index (χ4v) is 6.98. The molecule has 0 unspecified atom stereocenters. The van der Waals surface area contributed by atoms with Crippen LogP contribution >= 0.6 is 57.7 Å². The maximum absolute atomic E-state index is 13.0. The van der Waals surface area contributed by atoms with Gasteiger partial charge < -0.3 is 4.90 Å². The van der Waals surface area contributed by atoms with Crippen LogP contribution in [0.25, 0.3) is 11.3 Å². The van der Waals surface area contributed by atoms with Gasteiger partial charge in [0.2, 0.25) is 0 Å². The molecule has 0 spiro atoms. The zero-order valence-corrected chi connectivity index (χ0v) is 20.1. The van der Waals surface area contributed by atoms with Crippen molar-refractivity contribution in [1.29, 1.82) is 0 Å². The van der Waals surface area contributed by atoms with E-state index in [0.29, 0.717) is 41.0 Å². The zero-order chi connectivity index (χ0) is 21.5. The molecule has 2 heterocycles. The highest BCUT2D eigenvalue weighted by atomic mass is 35.5. The van der Waals surface area contributed by atoms with Crippen LogP contribution in [0.2, 0.25) is 20.1 Å². The van der Waals surface area contributed by atoms with Crippen LogP contribution in [0.3, 0.4) is 0 Å². The molecule has 158 valence electrons. The summed E-state index contributed by atoms with van der Waals surface area (Å²) >= 11 is 25.6. The molecule has 0 radical (unpaired) electrons. The number of aromatic nitrogens is 1. The molecule has 0 aliphatic carbocycles. The molecule has 0 atom stereocenters. The normalized spacial score (nSPS) is 15.5. The van der Waals surface area contributed by atoms with Crippen LogP contribution < -0.4 is 4.90 Å². The highest BCUT2D eigenvalue weighted by Gasteiger charge is 2.32. The first-order valence-electron chi connectivity index (χ1n) is 9.10. The van der Waals surface area contributed by atoms with E-state index >= 15 is 0 Å². The van der Waals surface area contributed by atoms with E-state index in [9.17, 15) is 8.42 Å². The van der Waals surface area contributed by atoms with Gasteiger partial charge in [-0.05, 0) is 49.2 Å².